The number of aliphatic hydroxyl groups is 4. The van der Waals surface area contributed by atoms with Crippen LogP contribution in [0.2, 0.25) is 0 Å². The minimum Gasteiger partial charge on any atom is -0.481 e. The summed E-state index contributed by atoms with van der Waals surface area (Å²) in [4.78, 5) is 60.6. The maximum atomic E-state index is 12.8. The SMILES string of the molecule is CC[C@H](C)[C@H](N)C(=O)N[C@@H](CC(N)=O)C(=O)N[C@@H](CO)[C@@H](O)[C@@H](O)[C@H](O)C(=O)N[C@@H](CC(=O)O)c1ccccc1. The Labute approximate surface area is 230 Å². The number of aliphatic carboxylic acids is 1. The Bertz CT molecular complexity index is 1010. The topological polar surface area (TPSA) is 275 Å². The standard InChI is InChI=1S/C25H39N5O10/c1-3-12(2)19(27)24(39)29-15(9-17(26)32)23(38)30-16(11-31)20(35)21(36)22(37)25(40)28-14(10-18(33)34)13-7-5-4-6-8-13/h4-8,12,14-16,19-22,31,35-37H,3,9-11,27H2,1-2H3,(H2,26,32)(H,28,40)(H,29,39)(H,30,38)(H,33,34)/t12-,14-,15-,16-,19-,20+,21+,22-/m0/s1. The molecule has 0 fully saturated rings. The molecule has 0 aliphatic rings. The van der Waals surface area contributed by atoms with Gasteiger partial charge in [0.2, 0.25) is 17.7 Å². The minimum atomic E-state index is -2.31. The second kappa shape index (κ2) is 16.5. The summed E-state index contributed by atoms with van der Waals surface area (Å²) in [6, 6.07) is 2.64. The maximum absolute atomic E-state index is 12.8. The molecule has 0 saturated carbocycles. The molecule has 0 bridgehead atoms. The highest BCUT2D eigenvalue weighted by molar-refractivity contribution is 5.93. The summed E-state index contributed by atoms with van der Waals surface area (Å²) in [7, 11) is 0. The van der Waals surface area contributed by atoms with Crippen molar-refractivity contribution in [1.82, 2.24) is 16.0 Å². The third kappa shape index (κ3) is 10.5. The zero-order valence-electron chi connectivity index (χ0n) is 22.3. The third-order valence-corrected chi connectivity index (χ3v) is 6.37. The van der Waals surface area contributed by atoms with Gasteiger partial charge < -0.3 is 53.0 Å². The van der Waals surface area contributed by atoms with Gasteiger partial charge in [0.25, 0.3) is 5.91 Å². The van der Waals surface area contributed by atoms with E-state index in [1.165, 1.54) is 0 Å². The molecule has 4 amide bonds. The highest BCUT2D eigenvalue weighted by Crippen LogP contribution is 2.17. The number of carbonyl (C=O) groups is 5. The molecule has 0 radical (unpaired) electrons. The fourth-order valence-electron chi connectivity index (χ4n) is 3.66. The van der Waals surface area contributed by atoms with Gasteiger partial charge in [0.05, 0.1) is 37.6 Å². The van der Waals surface area contributed by atoms with Crippen molar-refractivity contribution in [2.75, 3.05) is 6.61 Å². The summed E-state index contributed by atoms with van der Waals surface area (Å²) in [5.74, 6) is -5.53. The highest BCUT2D eigenvalue weighted by Gasteiger charge is 2.38. The Hall–Kier alpha value is -3.63. The first-order valence-corrected chi connectivity index (χ1v) is 12.6. The first-order valence-electron chi connectivity index (χ1n) is 12.6. The second-order valence-electron chi connectivity index (χ2n) is 9.44. The van der Waals surface area contributed by atoms with Crippen LogP contribution in [0.3, 0.4) is 0 Å². The van der Waals surface area contributed by atoms with Crippen molar-refractivity contribution in [1.29, 1.82) is 0 Å². The molecule has 0 aliphatic heterocycles. The molecular formula is C25H39N5O10. The molecule has 0 aliphatic carbocycles. The number of nitrogens with two attached hydrogens (primary N) is 2. The Morgan fingerprint density at radius 1 is 0.875 bits per heavy atom. The van der Waals surface area contributed by atoms with Crippen molar-refractivity contribution in [2.24, 2.45) is 17.4 Å². The summed E-state index contributed by atoms with van der Waals surface area (Å²) >= 11 is 0. The molecule has 1 aromatic carbocycles. The van der Waals surface area contributed by atoms with Crippen molar-refractivity contribution in [3.63, 3.8) is 0 Å². The van der Waals surface area contributed by atoms with Gasteiger partial charge in [0.15, 0.2) is 6.10 Å². The maximum Gasteiger partial charge on any atom is 0.305 e. The summed E-state index contributed by atoms with van der Waals surface area (Å²) < 4.78 is 0. The van der Waals surface area contributed by atoms with Gasteiger partial charge in [0, 0.05) is 0 Å². The van der Waals surface area contributed by atoms with Gasteiger partial charge in [-0.25, -0.2) is 0 Å². The normalized spacial score (nSPS) is 17.2. The van der Waals surface area contributed by atoms with Crippen molar-refractivity contribution >= 4 is 29.6 Å². The predicted molar refractivity (Wildman–Crippen MR) is 140 cm³/mol. The van der Waals surface area contributed by atoms with Gasteiger partial charge in [-0.15, -0.1) is 0 Å². The van der Waals surface area contributed by atoms with E-state index in [-0.39, 0.29) is 5.92 Å². The van der Waals surface area contributed by atoms with E-state index in [2.05, 4.69) is 16.0 Å². The molecule has 224 valence electrons. The van der Waals surface area contributed by atoms with Gasteiger partial charge in [-0.05, 0) is 11.5 Å². The minimum absolute atomic E-state index is 0.260. The monoisotopic (exact) mass is 569 g/mol. The van der Waals surface area contributed by atoms with E-state index in [0.29, 0.717) is 12.0 Å². The van der Waals surface area contributed by atoms with E-state index in [1.54, 1.807) is 44.2 Å². The molecule has 12 N–H and O–H groups in total. The molecule has 40 heavy (non-hydrogen) atoms. The number of aliphatic hydroxyl groups excluding tert-OH is 4. The van der Waals surface area contributed by atoms with Crippen LogP contribution in [0.25, 0.3) is 0 Å². The molecule has 0 heterocycles. The molecule has 0 saturated heterocycles. The Kier molecular flexibility index (Phi) is 14.2. The molecule has 0 spiro atoms. The number of carboxylic acids is 1. The van der Waals surface area contributed by atoms with E-state index in [9.17, 15) is 49.5 Å². The van der Waals surface area contributed by atoms with Crippen molar-refractivity contribution in [3.8, 4) is 0 Å². The molecule has 8 atom stereocenters. The summed E-state index contributed by atoms with van der Waals surface area (Å²) in [6.45, 7) is 2.51. The number of amides is 4. The van der Waals surface area contributed by atoms with Crippen LogP contribution in [0.4, 0.5) is 0 Å². The van der Waals surface area contributed by atoms with Crippen LogP contribution in [0, 0.1) is 5.92 Å². The van der Waals surface area contributed by atoms with Crippen LogP contribution < -0.4 is 27.4 Å². The number of carboxylic acid groups (broad SMARTS) is 1. The quantitative estimate of drug-likeness (QED) is 0.0883. The third-order valence-electron chi connectivity index (χ3n) is 6.37. The second-order valence-corrected chi connectivity index (χ2v) is 9.44. The molecule has 1 rings (SSSR count). The van der Waals surface area contributed by atoms with Gasteiger partial charge in [-0.1, -0.05) is 50.6 Å². The highest BCUT2D eigenvalue weighted by atomic mass is 16.4. The zero-order chi connectivity index (χ0) is 30.6. The van der Waals surface area contributed by atoms with E-state index in [1.807, 2.05) is 0 Å². The Morgan fingerprint density at radius 3 is 1.98 bits per heavy atom. The Morgan fingerprint density at radius 2 is 1.48 bits per heavy atom. The molecule has 15 heteroatoms. The van der Waals surface area contributed by atoms with Crippen molar-refractivity contribution < 1.29 is 49.5 Å². The predicted octanol–water partition coefficient (Wildman–Crippen LogP) is -3.39. The van der Waals surface area contributed by atoms with E-state index >= 15 is 0 Å². The smallest absolute Gasteiger partial charge is 0.305 e. The van der Waals surface area contributed by atoms with Crippen LogP contribution in [0.5, 0.6) is 0 Å². The number of nitrogens with one attached hydrogen (secondary N) is 3. The van der Waals surface area contributed by atoms with E-state index in [0.717, 1.165) is 0 Å². The first kappa shape index (κ1) is 34.4. The fraction of sp³-hybridized carbons (Fsp3) is 0.560. The molecule has 0 unspecified atom stereocenters. The molecule has 1 aromatic rings. The number of hydrogen-bond donors (Lipinski definition) is 10. The van der Waals surface area contributed by atoms with Crippen molar-refractivity contribution in [2.45, 2.75) is 75.6 Å². The van der Waals surface area contributed by atoms with E-state index < -0.39 is 91.5 Å². The average Bonchev–Trinajstić information content (AvgIpc) is 2.92. The Balaban J connectivity index is 2.97. The summed E-state index contributed by atoms with van der Waals surface area (Å²) in [5, 5.41) is 56.9. The van der Waals surface area contributed by atoms with E-state index in [4.69, 9.17) is 11.5 Å². The van der Waals surface area contributed by atoms with Crippen LogP contribution in [-0.4, -0.2) is 98.2 Å². The van der Waals surface area contributed by atoms with Gasteiger partial charge in [0.1, 0.15) is 18.2 Å². The van der Waals surface area contributed by atoms with Gasteiger partial charge in [-0.3, -0.25) is 24.0 Å². The van der Waals surface area contributed by atoms with Gasteiger partial charge >= 0.3 is 5.97 Å². The van der Waals surface area contributed by atoms with Crippen molar-refractivity contribution in [3.05, 3.63) is 35.9 Å². The number of hydrogen-bond acceptors (Lipinski definition) is 10. The molecule has 15 nitrogen and oxygen atoms in total. The summed E-state index contributed by atoms with van der Waals surface area (Å²) in [6.07, 6.45) is -7.36. The average molecular weight is 570 g/mol. The lowest BCUT2D eigenvalue weighted by Gasteiger charge is -2.30. The molecular weight excluding hydrogens is 530 g/mol. The number of benzene rings is 1. The largest absolute Gasteiger partial charge is 0.481 e. The fourth-order valence-corrected chi connectivity index (χ4v) is 3.66. The first-order chi connectivity index (χ1) is 18.7. The number of rotatable bonds is 17. The zero-order valence-corrected chi connectivity index (χ0v) is 22.3. The van der Waals surface area contributed by atoms with Crippen LogP contribution in [0.1, 0.15) is 44.7 Å². The van der Waals surface area contributed by atoms with Gasteiger partial charge in [-0.2, -0.15) is 0 Å². The lowest BCUT2D eigenvalue weighted by Crippen LogP contribution is -2.60. The lowest BCUT2D eigenvalue weighted by atomic mass is 9.98. The summed E-state index contributed by atoms with van der Waals surface area (Å²) in [5.41, 5.74) is 11.4. The van der Waals surface area contributed by atoms with Crippen LogP contribution in [-0.2, 0) is 24.0 Å². The van der Waals surface area contributed by atoms with Crippen LogP contribution >= 0.6 is 0 Å². The lowest BCUT2D eigenvalue weighted by molar-refractivity contribution is -0.145. The number of primary amides is 1. The van der Waals surface area contributed by atoms with Crippen LogP contribution in [0.15, 0.2) is 30.3 Å². The number of carbonyl (C=O) groups excluding carboxylic acids is 4. The molecule has 0 aromatic heterocycles.